The van der Waals surface area contributed by atoms with Gasteiger partial charge in [-0.2, -0.15) is 5.10 Å². The Balaban J connectivity index is 1.49. The van der Waals surface area contributed by atoms with Crippen LogP contribution in [0.4, 0.5) is 5.82 Å². The maximum absolute atomic E-state index is 13.1. The van der Waals surface area contributed by atoms with Crippen LogP contribution in [-0.4, -0.2) is 49.0 Å². The molecule has 0 radical (unpaired) electrons. The van der Waals surface area contributed by atoms with Gasteiger partial charge in [-0.05, 0) is 45.2 Å². The third-order valence-electron chi connectivity index (χ3n) is 5.56. The number of carbonyl (C=O) groups is 2. The fourth-order valence-electron chi connectivity index (χ4n) is 3.84. The number of nitrogens with one attached hydrogen (secondary N) is 1. The highest BCUT2D eigenvalue weighted by molar-refractivity contribution is 5.96. The number of nitrogens with zero attached hydrogens (tertiary/aromatic N) is 5. The molecule has 1 aliphatic rings. The van der Waals surface area contributed by atoms with Crippen LogP contribution in [0, 0.1) is 12.3 Å². The Kier molecular flexibility index (Phi) is 4.86. The lowest BCUT2D eigenvalue weighted by molar-refractivity contribution is -0.127. The van der Waals surface area contributed by atoms with Crippen molar-refractivity contribution < 1.29 is 9.59 Å². The number of hydrogen-bond donors (Lipinski definition) is 1. The minimum Gasteiger partial charge on any atom is -0.336 e. The van der Waals surface area contributed by atoms with E-state index in [1.165, 1.54) is 0 Å². The van der Waals surface area contributed by atoms with Crippen LogP contribution in [0.2, 0.25) is 0 Å². The Morgan fingerprint density at radius 3 is 2.83 bits per heavy atom. The minimum absolute atomic E-state index is 0.109. The summed E-state index contributed by atoms with van der Waals surface area (Å²) >= 11 is 0. The first-order valence-corrected chi connectivity index (χ1v) is 9.97. The lowest BCUT2D eigenvalue weighted by Crippen LogP contribution is -2.50. The van der Waals surface area contributed by atoms with E-state index in [9.17, 15) is 9.59 Å². The standard InChI is InChI=1S/C21H26N6O2/c1-4-27-11-8-17(24-27)23-20(29)21(3)9-5-10-25(14-21)19(28)16-13-26-12-15(2)6-7-18(26)22-16/h6-8,11-13H,4-5,9-10,14H2,1-3H3,(H,23,24,29)/t21-/m0/s1. The molecule has 0 aliphatic carbocycles. The third kappa shape index (κ3) is 3.74. The second-order valence-corrected chi connectivity index (χ2v) is 8.00. The summed E-state index contributed by atoms with van der Waals surface area (Å²) in [5, 5.41) is 7.22. The fourth-order valence-corrected chi connectivity index (χ4v) is 3.84. The molecular formula is C21H26N6O2. The van der Waals surface area contributed by atoms with Gasteiger partial charge in [0.05, 0.1) is 5.41 Å². The highest BCUT2D eigenvalue weighted by Crippen LogP contribution is 2.31. The number of fused-ring (bicyclic) bond motifs is 1. The average Bonchev–Trinajstić information content (AvgIpc) is 3.33. The summed E-state index contributed by atoms with van der Waals surface area (Å²) in [6.07, 6.45) is 7.03. The number of likely N-dealkylation sites (tertiary alicyclic amines) is 1. The Morgan fingerprint density at radius 2 is 2.07 bits per heavy atom. The van der Waals surface area contributed by atoms with Crippen LogP contribution < -0.4 is 5.32 Å². The zero-order valence-electron chi connectivity index (χ0n) is 17.1. The van der Waals surface area contributed by atoms with Crippen LogP contribution in [0.1, 0.15) is 42.7 Å². The van der Waals surface area contributed by atoms with Crippen LogP contribution in [-0.2, 0) is 11.3 Å². The molecule has 3 aromatic heterocycles. The second kappa shape index (κ2) is 7.35. The van der Waals surface area contributed by atoms with Crippen LogP contribution in [0.3, 0.4) is 0 Å². The largest absolute Gasteiger partial charge is 0.336 e. The first-order chi connectivity index (χ1) is 13.9. The molecule has 29 heavy (non-hydrogen) atoms. The summed E-state index contributed by atoms with van der Waals surface area (Å²) in [6, 6.07) is 5.66. The van der Waals surface area contributed by atoms with E-state index in [0.29, 0.717) is 24.6 Å². The summed E-state index contributed by atoms with van der Waals surface area (Å²) in [4.78, 5) is 32.2. The molecule has 4 rings (SSSR count). The predicted molar refractivity (Wildman–Crippen MR) is 110 cm³/mol. The van der Waals surface area contributed by atoms with Crippen LogP contribution >= 0.6 is 0 Å². The van der Waals surface area contributed by atoms with Crippen molar-refractivity contribution in [3.05, 3.63) is 48.0 Å². The monoisotopic (exact) mass is 394 g/mol. The lowest BCUT2D eigenvalue weighted by Gasteiger charge is -2.38. The quantitative estimate of drug-likeness (QED) is 0.737. The first kappa shape index (κ1) is 19.2. The molecule has 2 amide bonds. The van der Waals surface area contributed by atoms with Crippen LogP contribution in [0.5, 0.6) is 0 Å². The molecule has 3 aromatic rings. The summed E-state index contributed by atoms with van der Waals surface area (Å²) in [5.74, 6) is 0.291. The maximum Gasteiger partial charge on any atom is 0.274 e. The number of anilines is 1. The number of amides is 2. The molecule has 0 spiro atoms. The Morgan fingerprint density at radius 1 is 1.24 bits per heavy atom. The smallest absolute Gasteiger partial charge is 0.274 e. The summed E-state index contributed by atoms with van der Waals surface area (Å²) < 4.78 is 3.63. The number of rotatable bonds is 4. The van der Waals surface area contributed by atoms with Gasteiger partial charge in [-0.3, -0.25) is 14.3 Å². The van der Waals surface area contributed by atoms with E-state index in [-0.39, 0.29) is 11.8 Å². The van der Waals surface area contributed by atoms with Crippen molar-refractivity contribution in [3.63, 3.8) is 0 Å². The van der Waals surface area contributed by atoms with E-state index in [4.69, 9.17) is 0 Å². The summed E-state index contributed by atoms with van der Waals surface area (Å²) in [7, 11) is 0. The molecule has 1 saturated heterocycles. The van der Waals surface area contributed by atoms with Crippen molar-refractivity contribution >= 4 is 23.3 Å². The Labute approximate surface area is 169 Å². The second-order valence-electron chi connectivity index (χ2n) is 8.00. The highest BCUT2D eigenvalue weighted by Gasteiger charge is 2.40. The topological polar surface area (TPSA) is 84.5 Å². The molecule has 0 saturated carbocycles. The van der Waals surface area contributed by atoms with E-state index in [1.54, 1.807) is 21.8 Å². The van der Waals surface area contributed by atoms with Crippen molar-refractivity contribution in [2.24, 2.45) is 5.41 Å². The Bertz CT molecular complexity index is 1070. The van der Waals surface area contributed by atoms with Crippen molar-refractivity contribution in [2.75, 3.05) is 18.4 Å². The molecule has 0 unspecified atom stereocenters. The van der Waals surface area contributed by atoms with Gasteiger partial charge in [-0.15, -0.1) is 0 Å². The van der Waals surface area contributed by atoms with Crippen molar-refractivity contribution in [3.8, 4) is 0 Å². The lowest BCUT2D eigenvalue weighted by atomic mass is 9.81. The molecule has 0 aromatic carbocycles. The molecule has 152 valence electrons. The molecular weight excluding hydrogens is 368 g/mol. The molecule has 1 atom stereocenters. The van der Waals surface area contributed by atoms with Gasteiger partial charge in [0, 0.05) is 44.3 Å². The number of piperidine rings is 1. The summed E-state index contributed by atoms with van der Waals surface area (Å²) in [6.45, 7) is 7.63. The van der Waals surface area contributed by atoms with E-state index >= 15 is 0 Å². The van der Waals surface area contributed by atoms with Gasteiger partial charge in [-0.1, -0.05) is 6.07 Å². The zero-order valence-corrected chi connectivity index (χ0v) is 17.1. The maximum atomic E-state index is 13.1. The molecule has 8 heteroatoms. The number of aromatic nitrogens is 4. The number of pyridine rings is 1. The van der Waals surface area contributed by atoms with Crippen LogP contribution in [0.15, 0.2) is 36.8 Å². The van der Waals surface area contributed by atoms with Gasteiger partial charge in [0.1, 0.15) is 11.3 Å². The number of carbonyl (C=O) groups excluding carboxylic acids is 2. The van der Waals surface area contributed by atoms with Gasteiger partial charge < -0.3 is 14.6 Å². The van der Waals surface area contributed by atoms with E-state index in [1.807, 2.05) is 49.7 Å². The normalized spacial score (nSPS) is 19.5. The molecule has 1 aliphatic heterocycles. The summed E-state index contributed by atoms with van der Waals surface area (Å²) in [5.41, 5.74) is 1.58. The van der Waals surface area contributed by atoms with Crippen LogP contribution in [0.25, 0.3) is 5.65 Å². The highest BCUT2D eigenvalue weighted by atomic mass is 16.2. The van der Waals surface area contributed by atoms with Crippen molar-refractivity contribution in [2.45, 2.75) is 40.2 Å². The Hall–Kier alpha value is -3.16. The number of hydrogen-bond acceptors (Lipinski definition) is 4. The fraction of sp³-hybridized carbons (Fsp3) is 0.429. The van der Waals surface area contributed by atoms with Gasteiger partial charge >= 0.3 is 0 Å². The van der Waals surface area contributed by atoms with Gasteiger partial charge in [0.15, 0.2) is 5.82 Å². The molecule has 8 nitrogen and oxygen atoms in total. The van der Waals surface area contributed by atoms with E-state index < -0.39 is 5.41 Å². The predicted octanol–water partition coefficient (Wildman–Crippen LogP) is 2.74. The molecule has 0 bridgehead atoms. The van der Waals surface area contributed by atoms with Gasteiger partial charge in [0.25, 0.3) is 5.91 Å². The SMILES string of the molecule is CCn1ccc(NC(=O)[C@@]2(C)CCCN(C(=O)c3cn4cc(C)ccc4n3)C2)n1. The number of imidazole rings is 1. The zero-order chi connectivity index (χ0) is 20.6. The molecule has 4 heterocycles. The third-order valence-corrected chi connectivity index (χ3v) is 5.56. The van der Waals surface area contributed by atoms with Gasteiger partial charge in [-0.25, -0.2) is 4.98 Å². The number of aryl methyl sites for hydroxylation is 2. The van der Waals surface area contributed by atoms with Gasteiger partial charge in [0.2, 0.25) is 5.91 Å². The minimum atomic E-state index is -0.667. The molecule has 1 fully saturated rings. The van der Waals surface area contributed by atoms with Crippen molar-refractivity contribution in [1.82, 2.24) is 24.1 Å². The molecule has 1 N–H and O–H groups in total. The average molecular weight is 394 g/mol. The first-order valence-electron chi connectivity index (χ1n) is 9.97. The van der Waals surface area contributed by atoms with Crippen molar-refractivity contribution in [1.29, 1.82) is 0 Å². The van der Waals surface area contributed by atoms with E-state index in [0.717, 1.165) is 30.6 Å². The van der Waals surface area contributed by atoms with E-state index in [2.05, 4.69) is 15.4 Å².